The van der Waals surface area contributed by atoms with E-state index >= 15 is 0 Å². The predicted molar refractivity (Wildman–Crippen MR) is 47.0 cm³/mol. The van der Waals surface area contributed by atoms with E-state index in [9.17, 15) is 0 Å². The normalized spacial score (nSPS) is 28.9. The van der Waals surface area contributed by atoms with Crippen molar-refractivity contribution in [3.63, 3.8) is 0 Å². The largest absolute Gasteiger partial charge is 0.402 e. The highest BCUT2D eigenvalue weighted by atomic mass is 14.6. The fraction of sp³-hybridized carbons (Fsp3) is 0.800. The Bertz CT molecular complexity index is 175. The lowest BCUT2D eigenvalue weighted by atomic mass is 9.72. The Hall–Kier alpha value is -0.460. The summed E-state index contributed by atoms with van der Waals surface area (Å²) in [5, 5.41) is 0. The topological polar surface area (TPSA) is 26.0 Å². The van der Waals surface area contributed by atoms with Crippen molar-refractivity contribution in [2.24, 2.45) is 11.1 Å². The quantitative estimate of drug-likeness (QED) is 0.565. The molecule has 0 radical (unpaired) electrons. The van der Waals surface area contributed by atoms with Crippen LogP contribution in [0.4, 0.5) is 0 Å². The van der Waals surface area contributed by atoms with Crippen LogP contribution in [0, 0.1) is 5.41 Å². The maximum atomic E-state index is 5.80. The highest BCUT2D eigenvalue weighted by Crippen LogP contribution is 2.47. The molecule has 62 valence electrons. The molecule has 0 unspecified atom stereocenters. The summed E-state index contributed by atoms with van der Waals surface area (Å²) in [5.41, 5.74) is 7.57. The summed E-state index contributed by atoms with van der Waals surface area (Å²) in [6, 6.07) is 0. The Morgan fingerprint density at radius 1 is 1.18 bits per heavy atom. The molecule has 1 spiro atoms. The zero-order chi connectivity index (χ0) is 7.73. The van der Waals surface area contributed by atoms with Gasteiger partial charge in [0.05, 0.1) is 0 Å². The molecule has 0 atom stereocenters. The zero-order valence-electron chi connectivity index (χ0n) is 7.10. The van der Waals surface area contributed by atoms with E-state index in [1.54, 1.807) is 0 Å². The minimum atomic E-state index is 0.627. The Kier molecular flexibility index (Phi) is 1.67. The Morgan fingerprint density at radius 2 is 1.91 bits per heavy atom. The van der Waals surface area contributed by atoms with Crippen molar-refractivity contribution in [3.05, 3.63) is 11.8 Å². The molecule has 1 nitrogen and oxygen atoms in total. The lowest BCUT2D eigenvalue weighted by Gasteiger charge is -2.33. The van der Waals surface area contributed by atoms with Gasteiger partial charge in [-0.2, -0.15) is 0 Å². The second-order valence-corrected chi connectivity index (χ2v) is 4.22. The number of rotatable bonds is 0. The molecular weight excluding hydrogens is 134 g/mol. The second kappa shape index (κ2) is 2.54. The molecule has 2 N–H and O–H groups in total. The molecule has 0 heterocycles. The van der Waals surface area contributed by atoms with Gasteiger partial charge in [-0.3, -0.25) is 0 Å². The summed E-state index contributed by atoms with van der Waals surface area (Å²) in [6.45, 7) is 0. The lowest BCUT2D eigenvalue weighted by molar-refractivity contribution is 0.203. The molecule has 0 amide bonds. The number of allylic oxidation sites excluding steroid dienone is 2. The van der Waals surface area contributed by atoms with Crippen molar-refractivity contribution in [1.82, 2.24) is 0 Å². The van der Waals surface area contributed by atoms with Crippen LogP contribution in [0.1, 0.15) is 44.9 Å². The van der Waals surface area contributed by atoms with E-state index in [2.05, 4.69) is 6.08 Å². The molecule has 2 rings (SSSR count). The number of hydrogen-bond donors (Lipinski definition) is 1. The molecule has 1 saturated carbocycles. The number of hydrogen-bond acceptors (Lipinski definition) is 1. The van der Waals surface area contributed by atoms with Crippen LogP contribution >= 0.6 is 0 Å². The van der Waals surface area contributed by atoms with Crippen molar-refractivity contribution >= 4 is 0 Å². The average molecular weight is 151 g/mol. The molecule has 0 aromatic rings. The van der Waals surface area contributed by atoms with Gasteiger partial charge in [0.15, 0.2) is 0 Å². The maximum absolute atomic E-state index is 5.80. The first kappa shape index (κ1) is 7.20. The standard InChI is InChI=1S/C10H17N/c11-9-4-7-10(8-9)5-2-1-3-6-10/h4H,1-3,5-8,11H2. The molecule has 0 aliphatic heterocycles. The van der Waals surface area contributed by atoms with E-state index < -0.39 is 0 Å². The van der Waals surface area contributed by atoms with Gasteiger partial charge in [-0.25, -0.2) is 0 Å². The summed E-state index contributed by atoms with van der Waals surface area (Å²) in [4.78, 5) is 0. The summed E-state index contributed by atoms with van der Waals surface area (Å²) >= 11 is 0. The molecule has 2 aliphatic carbocycles. The van der Waals surface area contributed by atoms with Gasteiger partial charge in [0.2, 0.25) is 0 Å². The third-order valence-electron chi connectivity index (χ3n) is 3.29. The van der Waals surface area contributed by atoms with Crippen LogP contribution in [0.15, 0.2) is 11.8 Å². The van der Waals surface area contributed by atoms with Gasteiger partial charge in [0, 0.05) is 5.70 Å². The summed E-state index contributed by atoms with van der Waals surface area (Å²) in [7, 11) is 0. The molecule has 0 bridgehead atoms. The minimum Gasteiger partial charge on any atom is -0.402 e. The van der Waals surface area contributed by atoms with Gasteiger partial charge in [-0.15, -0.1) is 0 Å². The third kappa shape index (κ3) is 1.29. The van der Waals surface area contributed by atoms with Crippen LogP contribution in [0.25, 0.3) is 0 Å². The van der Waals surface area contributed by atoms with Crippen LogP contribution < -0.4 is 5.73 Å². The third-order valence-corrected chi connectivity index (χ3v) is 3.29. The summed E-state index contributed by atoms with van der Waals surface area (Å²) in [6.07, 6.45) is 11.8. The monoisotopic (exact) mass is 151 g/mol. The summed E-state index contributed by atoms with van der Waals surface area (Å²) < 4.78 is 0. The fourth-order valence-corrected chi connectivity index (χ4v) is 2.61. The number of nitrogens with two attached hydrogens (primary N) is 1. The summed E-state index contributed by atoms with van der Waals surface area (Å²) in [5.74, 6) is 0. The minimum absolute atomic E-state index is 0.627. The zero-order valence-corrected chi connectivity index (χ0v) is 7.10. The first-order chi connectivity index (χ1) is 5.31. The first-order valence-electron chi connectivity index (χ1n) is 4.75. The molecule has 0 aromatic carbocycles. The van der Waals surface area contributed by atoms with E-state index in [-0.39, 0.29) is 0 Å². The van der Waals surface area contributed by atoms with Crippen LogP contribution in [0.2, 0.25) is 0 Å². The maximum Gasteiger partial charge on any atom is 0.00458 e. The van der Waals surface area contributed by atoms with Gasteiger partial charge in [-0.05, 0) is 31.1 Å². The molecule has 0 saturated heterocycles. The Morgan fingerprint density at radius 3 is 2.45 bits per heavy atom. The van der Waals surface area contributed by atoms with Crippen LogP contribution in [-0.2, 0) is 0 Å². The molecule has 1 heteroatoms. The highest BCUT2D eigenvalue weighted by molar-refractivity contribution is 5.12. The molecule has 11 heavy (non-hydrogen) atoms. The molecular formula is C10H17N. The van der Waals surface area contributed by atoms with Crippen molar-refractivity contribution < 1.29 is 0 Å². The van der Waals surface area contributed by atoms with Crippen molar-refractivity contribution in [1.29, 1.82) is 0 Å². The second-order valence-electron chi connectivity index (χ2n) is 4.22. The van der Waals surface area contributed by atoms with Gasteiger partial charge in [0.1, 0.15) is 0 Å². The Balaban J connectivity index is 2.01. The van der Waals surface area contributed by atoms with Gasteiger partial charge >= 0.3 is 0 Å². The predicted octanol–water partition coefficient (Wildman–Crippen LogP) is 2.57. The lowest BCUT2D eigenvalue weighted by Crippen LogP contribution is -2.21. The smallest absolute Gasteiger partial charge is 0.00458 e. The SMILES string of the molecule is NC1=CCC2(CCCCC2)C1. The van der Waals surface area contributed by atoms with Crippen LogP contribution in [0.3, 0.4) is 0 Å². The Labute approximate surface area is 68.7 Å². The van der Waals surface area contributed by atoms with Crippen molar-refractivity contribution in [2.75, 3.05) is 0 Å². The van der Waals surface area contributed by atoms with Crippen LogP contribution in [-0.4, -0.2) is 0 Å². The van der Waals surface area contributed by atoms with E-state index in [1.807, 2.05) is 0 Å². The van der Waals surface area contributed by atoms with Gasteiger partial charge in [0.25, 0.3) is 0 Å². The van der Waals surface area contributed by atoms with Gasteiger partial charge < -0.3 is 5.73 Å². The first-order valence-corrected chi connectivity index (χ1v) is 4.75. The molecule has 0 aromatic heterocycles. The van der Waals surface area contributed by atoms with Gasteiger partial charge in [-0.1, -0.05) is 25.3 Å². The van der Waals surface area contributed by atoms with Crippen molar-refractivity contribution in [2.45, 2.75) is 44.9 Å². The van der Waals surface area contributed by atoms with Crippen molar-refractivity contribution in [3.8, 4) is 0 Å². The molecule has 1 fully saturated rings. The molecule has 2 aliphatic rings. The fourth-order valence-electron chi connectivity index (χ4n) is 2.61. The average Bonchev–Trinajstić information content (AvgIpc) is 2.34. The van der Waals surface area contributed by atoms with E-state index in [1.165, 1.54) is 44.9 Å². The van der Waals surface area contributed by atoms with Crippen LogP contribution in [0.5, 0.6) is 0 Å². The highest BCUT2D eigenvalue weighted by Gasteiger charge is 2.34. The van der Waals surface area contributed by atoms with E-state index in [4.69, 9.17) is 5.73 Å². The van der Waals surface area contributed by atoms with E-state index in [0.29, 0.717) is 5.41 Å². The van der Waals surface area contributed by atoms with E-state index in [0.717, 1.165) is 5.70 Å².